The van der Waals surface area contributed by atoms with E-state index in [0.717, 1.165) is 12.8 Å². The first-order chi connectivity index (χ1) is 10.8. The van der Waals surface area contributed by atoms with Crippen LogP contribution < -0.4 is 0 Å². The minimum Gasteiger partial charge on any atom is -0.374 e. The fraction of sp³-hybridized carbons (Fsp3) is 0.444. The van der Waals surface area contributed by atoms with Crippen molar-refractivity contribution in [3.8, 4) is 0 Å². The highest BCUT2D eigenvalue weighted by Gasteiger charge is 2.40. The van der Waals surface area contributed by atoms with Crippen molar-refractivity contribution in [3.63, 3.8) is 0 Å². The van der Waals surface area contributed by atoms with Crippen molar-refractivity contribution in [1.29, 1.82) is 0 Å². The van der Waals surface area contributed by atoms with Crippen LogP contribution in [0.5, 0.6) is 0 Å². The molecule has 1 aliphatic carbocycles. The van der Waals surface area contributed by atoms with Gasteiger partial charge in [0.25, 0.3) is 0 Å². The molecule has 0 aromatic heterocycles. The number of benzene rings is 1. The molecule has 3 nitrogen and oxygen atoms in total. The molecular formula is C18H22N2OS. The maximum Gasteiger partial charge on any atom is 0.160 e. The van der Waals surface area contributed by atoms with Gasteiger partial charge in [-0.2, -0.15) is 0 Å². The van der Waals surface area contributed by atoms with Gasteiger partial charge in [-0.3, -0.25) is 0 Å². The number of aryl methyl sites for hydroxylation is 1. The third-order valence-corrected chi connectivity index (χ3v) is 6.12. The monoisotopic (exact) mass is 314 g/mol. The van der Waals surface area contributed by atoms with E-state index in [1.807, 2.05) is 17.8 Å². The lowest BCUT2D eigenvalue weighted by molar-refractivity contribution is 0.0140. The number of aliphatic hydroxyl groups excluding tert-OH is 1. The third kappa shape index (κ3) is 2.55. The quantitative estimate of drug-likeness (QED) is 0.913. The van der Waals surface area contributed by atoms with Gasteiger partial charge < -0.3 is 14.9 Å². The number of hydrogen-bond donors (Lipinski definition) is 1. The average Bonchev–Trinajstić information content (AvgIpc) is 3.12. The van der Waals surface area contributed by atoms with Crippen molar-refractivity contribution in [1.82, 2.24) is 9.80 Å². The Labute approximate surface area is 136 Å². The normalized spacial score (nSPS) is 24.7. The van der Waals surface area contributed by atoms with Crippen LogP contribution in [-0.2, 0) is 6.42 Å². The molecular weight excluding hydrogens is 292 g/mol. The predicted molar refractivity (Wildman–Crippen MR) is 90.5 cm³/mol. The highest BCUT2D eigenvalue weighted by molar-refractivity contribution is 8.03. The number of nitrogens with zero attached hydrogens (tertiary/aromatic N) is 2. The predicted octanol–water partition coefficient (Wildman–Crippen LogP) is 3.84. The second-order valence-electron chi connectivity index (χ2n) is 6.18. The van der Waals surface area contributed by atoms with Crippen LogP contribution in [0.25, 0.3) is 0 Å². The molecule has 2 unspecified atom stereocenters. The SMILES string of the molecule is OC(CCc1ccccc1)N1C=CN2C3=C(CCCC3)SC21. The summed E-state index contributed by atoms with van der Waals surface area (Å²) in [7, 11) is 0. The lowest BCUT2D eigenvalue weighted by Crippen LogP contribution is -2.39. The zero-order valence-electron chi connectivity index (χ0n) is 12.7. The smallest absolute Gasteiger partial charge is 0.160 e. The van der Waals surface area contributed by atoms with Gasteiger partial charge in [-0.05, 0) is 44.1 Å². The Bertz CT molecular complexity index is 598. The number of hydrogen-bond acceptors (Lipinski definition) is 4. The highest BCUT2D eigenvalue weighted by atomic mass is 32.2. The molecule has 1 aromatic rings. The fourth-order valence-electron chi connectivity index (χ4n) is 3.51. The Morgan fingerprint density at radius 1 is 1.14 bits per heavy atom. The summed E-state index contributed by atoms with van der Waals surface area (Å²) in [6.45, 7) is 0. The van der Waals surface area contributed by atoms with Crippen LogP contribution in [0, 0.1) is 0 Å². The minimum absolute atomic E-state index is 0.244. The standard InChI is InChI=1S/C18H22N2OS/c21-17(11-10-14-6-2-1-3-7-14)20-13-12-19-15-8-4-5-9-16(15)22-18(19)20/h1-3,6-7,12-13,17-18,21H,4-5,8-11H2. The molecule has 0 saturated heterocycles. The van der Waals surface area contributed by atoms with Crippen molar-refractivity contribution in [2.45, 2.75) is 50.3 Å². The molecule has 0 bridgehead atoms. The Morgan fingerprint density at radius 2 is 1.95 bits per heavy atom. The van der Waals surface area contributed by atoms with E-state index in [0.29, 0.717) is 0 Å². The van der Waals surface area contributed by atoms with Crippen LogP contribution in [0.2, 0.25) is 0 Å². The molecule has 4 heteroatoms. The summed E-state index contributed by atoms with van der Waals surface area (Å²) < 4.78 is 0. The van der Waals surface area contributed by atoms with Crippen LogP contribution in [0.3, 0.4) is 0 Å². The van der Waals surface area contributed by atoms with Gasteiger partial charge in [-0.15, -0.1) is 0 Å². The number of allylic oxidation sites excluding steroid dienone is 2. The van der Waals surface area contributed by atoms with Crippen molar-refractivity contribution < 1.29 is 5.11 Å². The molecule has 4 rings (SSSR count). The molecule has 2 atom stereocenters. The molecule has 3 aliphatic rings. The summed E-state index contributed by atoms with van der Waals surface area (Å²) in [5.74, 6) is 0. The molecule has 0 fully saturated rings. The largest absolute Gasteiger partial charge is 0.374 e. The Balaban J connectivity index is 1.39. The zero-order chi connectivity index (χ0) is 14.9. The van der Waals surface area contributed by atoms with Gasteiger partial charge in [0, 0.05) is 23.0 Å². The second-order valence-corrected chi connectivity index (χ2v) is 7.33. The molecule has 1 aromatic carbocycles. The molecule has 116 valence electrons. The fourth-order valence-corrected chi connectivity index (χ4v) is 5.01. The topological polar surface area (TPSA) is 26.7 Å². The highest BCUT2D eigenvalue weighted by Crippen LogP contribution is 2.49. The van der Waals surface area contributed by atoms with Gasteiger partial charge in [-0.25, -0.2) is 0 Å². The lowest BCUT2D eigenvalue weighted by atomic mass is 10.0. The van der Waals surface area contributed by atoms with Gasteiger partial charge in [0.1, 0.15) is 6.23 Å². The number of rotatable bonds is 4. The second kappa shape index (κ2) is 6.01. The van der Waals surface area contributed by atoms with E-state index in [1.54, 1.807) is 4.91 Å². The molecule has 2 aliphatic heterocycles. The summed E-state index contributed by atoms with van der Waals surface area (Å²) >= 11 is 1.93. The summed E-state index contributed by atoms with van der Waals surface area (Å²) in [5.41, 5.74) is 3.03. The Kier molecular flexibility index (Phi) is 3.89. The van der Waals surface area contributed by atoms with Crippen molar-refractivity contribution in [2.24, 2.45) is 0 Å². The van der Waals surface area contributed by atoms with Crippen LogP contribution in [-0.4, -0.2) is 26.6 Å². The van der Waals surface area contributed by atoms with E-state index in [4.69, 9.17) is 0 Å². The first kappa shape index (κ1) is 14.2. The van der Waals surface area contributed by atoms with Crippen LogP contribution >= 0.6 is 11.8 Å². The Morgan fingerprint density at radius 3 is 2.82 bits per heavy atom. The van der Waals surface area contributed by atoms with Crippen LogP contribution in [0.1, 0.15) is 37.7 Å². The van der Waals surface area contributed by atoms with E-state index >= 15 is 0 Å². The molecule has 22 heavy (non-hydrogen) atoms. The van der Waals surface area contributed by atoms with E-state index in [2.05, 4.69) is 46.5 Å². The number of fused-ring (bicyclic) bond motifs is 2. The van der Waals surface area contributed by atoms with E-state index in [-0.39, 0.29) is 5.50 Å². The summed E-state index contributed by atoms with van der Waals surface area (Å²) in [6, 6.07) is 10.4. The van der Waals surface area contributed by atoms with Gasteiger partial charge in [-0.1, -0.05) is 42.1 Å². The van der Waals surface area contributed by atoms with Crippen LogP contribution in [0.15, 0.2) is 53.3 Å². The van der Waals surface area contributed by atoms with Gasteiger partial charge >= 0.3 is 0 Å². The maximum absolute atomic E-state index is 10.6. The number of aliphatic hydroxyl groups is 1. The first-order valence-electron chi connectivity index (χ1n) is 8.18. The zero-order valence-corrected chi connectivity index (χ0v) is 13.5. The molecule has 1 N–H and O–H groups in total. The molecule has 2 heterocycles. The molecule has 0 radical (unpaired) electrons. The molecule has 0 spiro atoms. The summed E-state index contributed by atoms with van der Waals surface area (Å²) in [5, 5.41) is 10.6. The first-order valence-corrected chi connectivity index (χ1v) is 9.06. The average molecular weight is 314 g/mol. The van der Waals surface area contributed by atoms with Crippen molar-refractivity contribution in [3.05, 3.63) is 58.9 Å². The maximum atomic E-state index is 10.6. The van der Waals surface area contributed by atoms with Gasteiger partial charge in [0.05, 0.1) is 0 Å². The van der Waals surface area contributed by atoms with E-state index in [1.165, 1.54) is 36.9 Å². The number of thioether (sulfide) groups is 1. The Hall–Kier alpha value is -1.39. The summed E-state index contributed by atoms with van der Waals surface area (Å²) in [6.07, 6.45) is 10.5. The van der Waals surface area contributed by atoms with Crippen molar-refractivity contribution >= 4 is 11.8 Å². The molecule has 0 amide bonds. The van der Waals surface area contributed by atoms with Gasteiger partial charge in [0.2, 0.25) is 0 Å². The van der Waals surface area contributed by atoms with Gasteiger partial charge in [0.15, 0.2) is 5.50 Å². The molecule has 0 saturated carbocycles. The van der Waals surface area contributed by atoms with E-state index < -0.39 is 6.23 Å². The summed E-state index contributed by atoms with van der Waals surface area (Å²) in [4.78, 5) is 6.03. The van der Waals surface area contributed by atoms with E-state index in [9.17, 15) is 5.11 Å². The van der Waals surface area contributed by atoms with Crippen molar-refractivity contribution in [2.75, 3.05) is 0 Å². The lowest BCUT2D eigenvalue weighted by Gasteiger charge is -2.31. The van der Waals surface area contributed by atoms with Crippen LogP contribution in [0.4, 0.5) is 0 Å². The third-order valence-electron chi connectivity index (χ3n) is 4.72. The minimum atomic E-state index is -0.416.